The largest absolute Gasteiger partial charge is 0.468 e. The summed E-state index contributed by atoms with van der Waals surface area (Å²) in [7, 11) is 1.38. The fraction of sp³-hybridized carbons (Fsp3) is 0.300. The number of halogens is 1. The van der Waals surface area contributed by atoms with Crippen LogP contribution in [0.4, 0.5) is 5.69 Å². The number of hydrogen-bond donors (Lipinski definition) is 1. The van der Waals surface area contributed by atoms with E-state index in [2.05, 4.69) is 10.1 Å². The van der Waals surface area contributed by atoms with Crippen LogP contribution in [0.15, 0.2) is 24.3 Å². The van der Waals surface area contributed by atoms with Crippen LogP contribution in [0.2, 0.25) is 0 Å². The Kier molecular flexibility index (Phi) is 5.72. The molecule has 3 nitrogen and oxygen atoms in total. The van der Waals surface area contributed by atoms with Gasteiger partial charge in [0.15, 0.2) is 0 Å². The van der Waals surface area contributed by atoms with E-state index < -0.39 is 0 Å². The predicted octanol–water partition coefficient (Wildman–Crippen LogP) is 2.00. The molecule has 0 aliphatic rings. The van der Waals surface area contributed by atoms with Crippen molar-refractivity contribution in [2.45, 2.75) is 6.92 Å². The van der Waals surface area contributed by atoms with Crippen molar-refractivity contribution in [3.8, 4) is 0 Å². The van der Waals surface area contributed by atoms with Gasteiger partial charge in [0.05, 0.1) is 7.11 Å². The molecule has 0 atom stereocenters. The summed E-state index contributed by atoms with van der Waals surface area (Å²) in [5.74, 6) is -0.261. The number of hydrogen-bond acceptors (Lipinski definition) is 3. The third-order valence-electron chi connectivity index (χ3n) is 1.80. The molecule has 78 valence electrons. The first-order valence-corrected chi connectivity index (χ1v) is 4.10. The van der Waals surface area contributed by atoms with Crippen molar-refractivity contribution in [3.63, 3.8) is 0 Å². The molecule has 14 heavy (non-hydrogen) atoms. The minimum Gasteiger partial charge on any atom is -0.468 e. The van der Waals surface area contributed by atoms with E-state index in [9.17, 15) is 4.79 Å². The van der Waals surface area contributed by atoms with Gasteiger partial charge in [0.2, 0.25) is 0 Å². The Morgan fingerprint density at radius 2 is 2.07 bits per heavy atom. The highest BCUT2D eigenvalue weighted by Gasteiger charge is 2.00. The van der Waals surface area contributed by atoms with E-state index in [4.69, 9.17) is 0 Å². The lowest BCUT2D eigenvalue weighted by molar-refractivity contribution is -0.138. The smallest absolute Gasteiger partial charge is 0.325 e. The van der Waals surface area contributed by atoms with Crippen molar-refractivity contribution in [3.05, 3.63) is 29.8 Å². The molecule has 0 heterocycles. The van der Waals surface area contributed by atoms with Crippen LogP contribution in [0, 0.1) is 6.92 Å². The van der Waals surface area contributed by atoms with Gasteiger partial charge in [-0.05, 0) is 18.6 Å². The zero-order valence-corrected chi connectivity index (χ0v) is 9.06. The second kappa shape index (κ2) is 6.27. The highest BCUT2D eigenvalue weighted by Crippen LogP contribution is 2.12. The summed E-state index contributed by atoms with van der Waals surface area (Å²) in [6.45, 7) is 2.20. The van der Waals surface area contributed by atoms with E-state index in [-0.39, 0.29) is 24.9 Å². The second-order valence-corrected chi connectivity index (χ2v) is 2.74. The van der Waals surface area contributed by atoms with Crippen molar-refractivity contribution in [1.29, 1.82) is 0 Å². The Bertz CT molecular complexity index is 302. The number of benzene rings is 1. The number of rotatable bonds is 3. The maximum Gasteiger partial charge on any atom is 0.325 e. The summed E-state index contributed by atoms with van der Waals surface area (Å²) in [5.41, 5.74) is 2.08. The average Bonchev–Trinajstić information content (AvgIpc) is 2.16. The molecule has 0 fully saturated rings. The first-order chi connectivity index (χ1) is 6.24. The minimum atomic E-state index is -0.261. The first kappa shape index (κ1) is 12.8. The number of nitrogens with one attached hydrogen (secondary N) is 1. The van der Waals surface area contributed by atoms with Crippen molar-refractivity contribution >= 4 is 24.1 Å². The van der Waals surface area contributed by atoms with Crippen molar-refractivity contribution in [2.75, 3.05) is 19.0 Å². The van der Waals surface area contributed by atoms with Gasteiger partial charge < -0.3 is 10.1 Å². The zero-order valence-electron chi connectivity index (χ0n) is 8.24. The topological polar surface area (TPSA) is 38.3 Å². The lowest BCUT2D eigenvalue weighted by atomic mass is 10.2. The van der Waals surface area contributed by atoms with Gasteiger partial charge in [0, 0.05) is 5.69 Å². The molecular formula is C10H14ClNO2. The van der Waals surface area contributed by atoms with Gasteiger partial charge in [-0.3, -0.25) is 4.79 Å². The number of carbonyl (C=O) groups excluding carboxylic acids is 1. The monoisotopic (exact) mass is 215 g/mol. The first-order valence-electron chi connectivity index (χ1n) is 4.10. The SMILES string of the molecule is COC(=O)CNc1ccccc1C.Cl. The highest BCUT2D eigenvalue weighted by atomic mass is 35.5. The summed E-state index contributed by atoms with van der Waals surface area (Å²) in [4.78, 5) is 10.8. The van der Waals surface area contributed by atoms with Gasteiger partial charge in [-0.15, -0.1) is 12.4 Å². The lowest BCUT2D eigenvalue weighted by Gasteiger charge is -2.07. The van der Waals surface area contributed by atoms with Crippen LogP contribution in [-0.4, -0.2) is 19.6 Å². The van der Waals surface area contributed by atoms with Crippen molar-refractivity contribution < 1.29 is 9.53 Å². The number of ether oxygens (including phenoxy) is 1. The fourth-order valence-electron chi connectivity index (χ4n) is 1.01. The minimum absolute atomic E-state index is 0. The molecule has 0 saturated carbocycles. The van der Waals surface area contributed by atoms with Gasteiger partial charge >= 0.3 is 5.97 Å². The normalized spacial score (nSPS) is 8.71. The molecule has 1 aromatic rings. The number of carbonyl (C=O) groups is 1. The molecule has 0 unspecified atom stereocenters. The van der Waals surface area contributed by atoms with Crippen LogP contribution in [0.25, 0.3) is 0 Å². The molecule has 0 amide bonds. The Labute approximate surface area is 89.9 Å². The van der Waals surface area contributed by atoms with Crippen LogP contribution in [0.3, 0.4) is 0 Å². The number of methoxy groups -OCH3 is 1. The van der Waals surface area contributed by atoms with E-state index in [1.54, 1.807) is 0 Å². The zero-order chi connectivity index (χ0) is 9.68. The highest BCUT2D eigenvalue weighted by molar-refractivity contribution is 5.85. The van der Waals surface area contributed by atoms with Gasteiger partial charge in [0.25, 0.3) is 0 Å². The summed E-state index contributed by atoms with van der Waals surface area (Å²) in [6, 6.07) is 7.79. The van der Waals surface area contributed by atoms with E-state index in [1.807, 2.05) is 31.2 Å². The average molecular weight is 216 g/mol. The van der Waals surface area contributed by atoms with E-state index in [0.717, 1.165) is 11.3 Å². The predicted molar refractivity (Wildman–Crippen MR) is 58.9 cm³/mol. The molecule has 1 rings (SSSR count). The molecule has 0 aromatic heterocycles. The van der Waals surface area contributed by atoms with Crippen molar-refractivity contribution in [2.24, 2.45) is 0 Å². The number of para-hydroxylation sites is 1. The third kappa shape index (κ3) is 3.66. The standard InChI is InChI=1S/C10H13NO2.ClH/c1-8-5-3-4-6-9(8)11-7-10(12)13-2;/h3-6,11H,7H2,1-2H3;1H. The van der Waals surface area contributed by atoms with E-state index >= 15 is 0 Å². The van der Waals surface area contributed by atoms with Gasteiger partial charge in [-0.2, -0.15) is 0 Å². The molecule has 0 saturated heterocycles. The Hall–Kier alpha value is -1.22. The lowest BCUT2D eigenvalue weighted by Crippen LogP contribution is -2.15. The van der Waals surface area contributed by atoms with Crippen molar-refractivity contribution in [1.82, 2.24) is 0 Å². The van der Waals surface area contributed by atoms with Crippen LogP contribution >= 0.6 is 12.4 Å². The van der Waals surface area contributed by atoms with E-state index in [0.29, 0.717) is 0 Å². The second-order valence-electron chi connectivity index (χ2n) is 2.74. The molecular weight excluding hydrogens is 202 g/mol. The van der Waals surface area contributed by atoms with Gasteiger partial charge in [-0.1, -0.05) is 18.2 Å². The summed E-state index contributed by atoms with van der Waals surface area (Å²) >= 11 is 0. The third-order valence-corrected chi connectivity index (χ3v) is 1.80. The Morgan fingerprint density at radius 1 is 1.43 bits per heavy atom. The molecule has 0 bridgehead atoms. The molecule has 0 spiro atoms. The Balaban J connectivity index is 0.00000169. The van der Waals surface area contributed by atoms with Crippen LogP contribution in [0.5, 0.6) is 0 Å². The molecule has 0 aliphatic heterocycles. The maximum atomic E-state index is 10.8. The summed E-state index contributed by atoms with van der Waals surface area (Å²) in [6.07, 6.45) is 0. The summed E-state index contributed by atoms with van der Waals surface area (Å²) < 4.78 is 4.51. The maximum absolute atomic E-state index is 10.8. The summed E-state index contributed by atoms with van der Waals surface area (Å²) in [5, 5.41) is 2.99. The van der Waals surface area contributed by atoms with E-state index in [1.165, 1.54) is 7.11 Å². The Morgan fingerprint density at radius 3 is 2.64 bits per heavy atom. The number of anilines is 1. The van der Waals surface area contributed by atoms with Crippen LogP contribution < -0.4 is 5.32 Å². The molecule has 4 heteroatoms. The van der Waals surface area contributed by atoms with Crippen LogP contribution in [-0.2, 0) is 9.53 Å². The molecule has 0 aliphatic carbocycles. The fourth-order valence-corrected chi connectivity index (χ4v) is 1.01. The molecule has 0 radical (unpaired) electrons. The van der Waals surface area contributed by atoms with Gasteiger partial charge in [0.1, 0.15) is 6.54 Å². The molecule has 1 aromatic carbocycles. The number of esters is 1. The van der Waals surface area contributed by atoms with Crippen LogP contribution in [0.1, 0.15) is 5.56 Å². The molecule has 1 N–H and O–H groups in total. The number of aryl methyl sites for hydroxylation is 1. The van der Waals surface area contributed by atoms with Gasteiger partial charge in [-0.25, -0.2) is 0 Å². The quantitative estimate of drug-likeness (QED) is 0.784.